The lowest BCUT2D eigenvalue weighted by Crippen LogP contribution is -2.37. The van der Waals surface area contributed by atoms with Gasteiger partial charge in [0.15, 0.2) is 0 Å². The Morgan fingerprint density at radius 3 is 2.85 bits per heavy atom. The monoisotopic (exact) mass is 378 g/mol. The van der Waals surface area contributed by atoms with Crippen LogP contribution in [0.4, 0.5) is 0 Å². The first-order valence-electron chi connectivity index (χ1n) is 8.42. The second-order valence-corrected chi connectivity index (χ2v) is 7.83. The predicted octanol–water partition coefficient (Wildman–Crippen LogP) is 1.17. The van der Waals surface area contributed by atoms with E-state index in [1.54, 1.807) is 40.2 Å². The van der Waals surface area contributed by atoms with Crippen molar-refractivity contribution < 1.29 is 17.9 Å². The Morgan fingerprint density at radius 1 is 1.38 bits per heavy atom. The van der Waals surface area contributed by atoms with Crippen LogP contribution < -0.4 is 9.46 Å². The highest BCUT2D eigenvalue weighted by Crippen LogP contribution is 2.27. The quantitative estimate of drug-likeness (QED) is 0.781. The summed E-state index contributed by atoms with van der Waals surface area (Å²) in [6.07, 6.45) is 4.35. The third kappa shape index (κ3) is 3.73. The zero-order chi connectivity index (χ0) is 18.7. The fourth-order valence-electron chi connectivity index (χ4n) is 3.06. The molecule has 0 saturated carbocycles. The summed E-state index contributed by atoms with van der Waals surface area (Å²) in [4.78, 5) is 13.7. The van der Waals surface area contributed by atoms with Crippen LogP contribution in [0, 0.1) is 0 Å². The van der Waals surface area contributed by atoms with E-state index in [-0.39, 0.29) is 23.0 Å². The maximum atomic E-state index is 12.9. The lowest BCUT2D eigenvalue weighted by atomic mass is 10.3. The van der Waals surface area contributed by atoms with Gasteiger partial charge in [-0.05, 0) is 30.7 Å². The number of nitrogens with one attached hydrogen (secondary N) is 1. The van der Waals surface area contributed by atoms with E-state index in [9.17, 15) is 13.2 Å². The highest BCUT2D eigenvalue weighted by Gasteiger charge is 2.33. The first-order chi connectivity index (χ1) is 12.4. The lowest BCUT2D eigenvalue weighted by molar-refractivity contribution is -0.127. The number of benzene rings is 1. The Balaban J connectivity index is 1.87. The van der Waals surface area contributed by atoms with E-state index in [2.05, 4.69) is 9.82 Å². The van der Waals surface area contributed by atoms with Crippen molar-refractivity contribution in [1.82, 2.24) is 19.4 Å². The standard InChI is InChI=1S/C17H22N4O4S/c1-3-8-20-12-13(10-17(20)22)19-26(23,24)16-11-14(5-6-15(16)25-2)21-9-4-7-18-21/h4-7,9,11,13,19H,3,8,10,12H2,1-2H3/t13-/m1/s1. The molecule has 26 heavy (non-hydrogen) atoms. The predicted molar refractivity (Wildman–Crippen MR) is 95.7 cm³/mol. The van der Waals surface area contributed by atoms with Crippen molar-refractivity contribution >= 4 is 15.9 Å². The Labute approximate surface area is 152 Å². The highest BCUT2D eigenvalue weighted by molar-refractivity contribution is 7.89. The maximum absolute atomic E-state index is 12.9. The fraction of sp³-hybridized carbons (Fsp3) is 0.412. The maximum Gasteiger partial charge on any atom is 0.244 e. The van der Waals surface area contributed by atoms with Gasteiger partial charge in [0, 0.05) is 37.9 Å². The summed E-state index contributed by atoms with van der Waals surface area (Å²) in [5, 5.41) is 4.12. The van der Waals surface area contributed by atoms with Gasteiger partial charge < -0.3 is 9.64 Å². The molecule has 1 amide bonds. The molecule has 9 heteroatoms. The molecule has 2 aromatic rings. The van der Waals surface area contributed by atoms with E-state index in [1.807, 2.05) is 6.92 Å². The van der Waals surface area contributed by atoms with Crippen molar-refractivity contribution in [3.05, 3.63) is 36.7 Å². The summed E-state index contributed by atoms with van der Waals surface area (Å²) < 4.78 is 35.3. The molecule has 1 atom stereocenters. The normalized spacial score (nSPS) is 17.7. The van der Waals surface area contributed by atoms with Gasteiger partial charge >= 0.3 is 0 Å². The number of sulfonamides is 1. The van der Waals surface area contributed by atoms with Crippen LogP contribution in [0.25, 0.3) is 5.69 Å². The molecule has 1 fully saturated rings. The molecule has 1 aliphatic heterocycles. The molecule has 0 bridgehead atoms. The summed E-state index contributed by atoms with van der Waals surface area (Å²) in [5.41, 5.74) is 0.603. The summed E-state index contributed by atoms with van der Waals surface area (Å²) >= 11 is 0. The van der Waals surface area contributed by atoms with Crippen LogP contribution in [0.2, 0.25) is 0 Å². The van der Waals surface area contributed by atoms with Gasteiger partial charge in [-0.1, -0.05) is 6.92 Å². The van der Waals surface area contributed by atoms with E-state index in [4.69, 9.17) is 4.74 Å². The molecule has 8 nitrogen and oxygen atoms in total. The van der Waals surface area contributed by atoms with Crippen LogP contribution in [-0.4, -0.2) is 55.2 Å². The van der Waals surface area contributed by atoms with Crippen molar-refractivity contribution in [3.8, 4) is 11.4 Å². The molecular weight excluding hydrogens is 356 g/mol. The fourth-order valence-corrected chi connectivity index (χ4v) is 4.48. The van der Waals surface area contributed by atoms with Gasteiger partial charge in [0.05, 0.1) is 12.8 Å². The molecule has 1 aliphatic rings. The number of nitrogens with zero attached hydrogens (tertiary/aromatic N) is 3. The Morgan fingerprint density at radius 2 is 2.19 bits per heavy atom. The number of likely N-dealkylation sites (tertiary alicyclic amines) is 1. The lowest BCUT2D eigenvalue weighted by Gasteiger charge is -2.17. The molecule has 1 aromatic heterocycles. The topological polar surface area (TPSA) is 93.5 Å². The van der Waals surface area contributed by atoms with Crippen LogP contribution in [0.15, 0.2) is 41.6 Å². The number of amides is 1. The Bertz CT molecular complexity index is 880. The summed E-state index contributed by atoms with van der Waals surface area (Å²) in [6, 6.07) is 6.14. The summed E-state index contributed by atoms with van der Waals surface area (Å²) in [5.74, 6) is 0.208. The van der Waals surface area contributed by atoms with Crippen LogP contribution in [-0.2, 0) is 14.8 Å². The number of carbonyl (C=O) groups excluding carboxylic acids is 1. The smallest absolute Gasteiger partial charge is 0.244 e. The molecule has 0 unspecified atom stereocenters. The minimum absolute atomic E-state index is 0.0226. The SMILES string of the molecule is CCCN1C[C@H](NS(=O)(=O)c2cc(-n3cccn3)ccc2OC)CC1=O. The molecule has 1 aromatic carbocycles. The van der Waals surface area contributed by atoms with E-state index in [0.29, 0.717) is 18.8 Å². The molecule has 0 spiro atoms. The average molecular weight is 378 g/mol. The number of aromatic nitrogens is 2. The zero-order valence-corrected chi connectivity index (χ0v) is 15.6. The third-order valence-corrected chi connectivity index (χ3v) is 5.78. The van der Waals surface area contributed by atoms with Crippen molar-refractivity contribution in [2.45, 2.75) is 30.7 Å². The van der Waals surface area contributed by atoms with Gasteiger partial charge in [0.2, 0.25) is 15.9 Å². The molecule has 3 rings (SSSR count). The van der Waals surface area contributed by atoms with E-state index >= 15 is 0 Å². The molecule has 0 radical (unpaired) electrons. The van der Waals surface area contributed by atoms with E-state index in [0.717, 1.165) is 6.42 Å². The Kier molecular flexibility index (Phi) is 5.28. The zero-order valence-electron chi connectivity index (χ0n) is 14.8. The van der Waals surface area contributed by atoms with E-state index in [1.165, 1.54) is 13.2 Å². The number of rotatable bonds is 7. The molecule has 1 saturated heterocycles. The van der Waals surface area contributed by atoms with Crippen LogP contribution in [0.1, 0.15) is 19.8 Å². The van der Waals surface area contributed by atoms with Gasteiger partial charge in [-0.15, -0.1) is 0 Å². The van der Waals surface area contributed by atoms with Gasteiger partial charge in [0.1, 0.15) is 10.6 Å². The van der Waals surface area contributed by atoms with E-state index < -0.39 is 16.1 Å². The second kappa shape index (κ2) is 7.46. The average Bonchev–Trinajstić information content (AvgIpc) is 3.25. The molecule has 2 heterocycles. The third-order valence-electron chi connectivity index (χ3n) is 4.24. The van der Waals surface area contributed by atoms with Crippen molar-refractivity contribution in [2.75, 3.05) is 20.2 Å². The minimum atomic E-state index is -3.86. The minimum Gasteiger partial charge on any atom is -0.495 e. The number of hydrogen-bond acceptors (Lipinski definition) is 5. The summed E-state index contributed by atoms with van der Waals surface area (Å²) in [7, 11) is -2.44. The summed E-state index contributed by atoms with van der Waals surface area (Å²) in [6.45, 7) is 3.00. The molecule has 0 aliphatic carbocycles. The van der Waals surface area contributed by atoms with Gasteiger partial charge in [0.25, 0.3) is 0 Å². The van der Waals surface area contributed by atoms with Crippen LogP contribution in [0.5, 0.6) is 5.75 Å². The first-order valence-corrected chi connectivity index (χ1v) is 9.91. The number of carbonyl (C=O) groups is 1. The second-order valence-electron chi connectivity index (χ2n) is 6.15. The Hall–Kier alpha value is -2.39. The van der Waals surface area contributed by atoms with Crippen LogP contribution >= 0.6 is 0 Å². The first kappa shape index (κ1) is 18.4. The number of methoxy groups -OCH3 is 1. The van der Waals surface area contributed by atoms with Crippen molar-refractivity contribution in [1.29, 1.82) is 0 Å². The molecule has 1 N–H and O–H groups in total. The van der Waals surface area contributed by atoms with Gasteiger partial charge in [-0.25, -0.2) is 17.8 Å². The van der Waals surface area contributed by atoms with Gasteiger partial charge in [-0.2, -0.15) is 5.10 Å². The number of ether oxygens (including phenoxy) is 1. The highest BCUT2D eigenvalue weighted by atomic mass is 32.2. The largest absolute Gasteiger partial charge is 0.495 e. The molecule has 140 valence electrons. The van der Waals surface area contributed by atoms with Crippen LogP contribution in [0.3, 0.4) is 0 Å². The van der Waals surface area contributed by atoms with Crippen molar-refractivity contribution in [3.63, 3.8) is 0 Å². The number of hydrogen-bond donors (Lipinski definition) is 1. The molecular formula is C17H22N4O4S. The van der Waals surface area contributed by atoms with Gasteiger partial charge in [-0.3, -0.25) is 4.79 Å². The van der Waals surface area contributed by atoms with Crippen molar-refractivity contribution in [2.24, 2.45) is 0 Å².